The molecule has 5 rings (SSSR count). The summed E-state index contributed by atoms with van der Waals surface area (Å²) in [5.74, 6) is 1.69. The minimum atomic E-state index is -4.77. The lowest BCUT2D eigenvalue weighted by atomic mass is 10.0. The average molecular weight is 568 g/mol. The van der Waals surface area contributed by atoms with E-state index in [9.17, 15) is 18.0 Å². The van der Waals surface area contributed by atoms with Crippen molar-refractivity contribution in [2.45, 2.75) is 45.5 Å². The summed E-state index contributed by atoms with van der Waals surface area (Å²) < 4.78 is 47.1. The first-order valence-corrected chi connectivity index (χ1v) is 13.7. The number of aryl methyl sites for hydroxylation is 1. The fourth-order valence-corrected chi connectivity index (χ4v) is 5.68. The molecule has 7 nitrogen and oxygen atoms in total. The van der Waals surface area contributed by atoms with Gasteiger partial charge in [-0.2, -0.15) is 13.2 Å². The van der Waals surface area contributed by atoms with E-state index in [1.807, 2.05) is 19.1 Å². The highest BCUT2D eigenvalue weighted by atomic mass is 32.1. The van der Waals surface area contributed by atoms with Crippen LogP contribution in [0.3, 0.4) is 0 Å². The van der Waals surface area contributed by atoms with Crippen LogP contribution in [0.1, 0.15) is 58.2 Å². The van der Waals surface area contributed by atoms with Gasteiger partial charge in [0.1, 0.15) is 22.2 Å². The van der Waals surface area contributed by atoms with Crippen LogP contribution < -0.4 is 10.6 Å². The number of aromatic nitrogens is 2. The Kier molecular flexibility index (Phi) is 7.83. The number of halogens is 3. The molecule has 0 radical (unpaired) electrons. The topological polar surface area (TPSA) is 83.3 Å². The predicted molar refractivity (Wildman–Crippen MR) is 149 cm³/mol. The Hall–Kier alpha value is -3.88. The Labute approximate surface area is 233 Å². The van der Waals surface area contributed by atoms with E-state index in [0.29, 0.717) is 16.9 Å². The van der Waals surface area contributed by atoms with Crippen molar-refractivity contribution in [1.29, 1.82) is 0 Å². The molecule has 0 saturated carbocycles. The Morgan fingerprint density at radius 3 is 2.70 bits per heavy atom. The lowest BCUT2D eigenvalue weighted by Gasteiger charge is -2.17. The number of nitrogens with zero attached hydrogens (tertiary/aromatic N) is 3. The van der Waals surface area contributed by atoms with E-state index in [1.165, 1.54) is 18.9 Å². The second-order valence-electron chi connectivity index (χ2n) is 9.82. The Morgan fingerprint density at radius 1 is 1.20 bits per heavy atom. The zero-order chi connectivity index (χ0) is 28.4. The second-order valence-corrected chi connectivity index (χ2v) is 10.9. The van der Waals surface area contributed by atoms with Crippen molar-refractivity contribution in [3.63, 3.8) is 0 Å². The number of nitrogens with one attached hydrogen (secondary N) is 2. The smallest absolute Gasteiger partial charge is 0.451 e. The second kappa shape index (κ2) is 11.3. The molecule has 1 atom stereocenters. The number of alkyl halides is 3. The van der Waals surface area contributed by atoms with E-state index in [4.69, 9.17) is 10.8 Å². The summed E-state index contributed by atoms with van der Waals surface area (Å²) in [4.78, 5) is 22.5. The van der Waals surface area contributed by atoms with Crippen molar-refractivity contribution in [1.82, 2.24) is 20.2 Å². The minimum absolute atomic E-state index is 0.00376. The number of carbonyl (C=O) groups excluding carboxylic acids is 1. The van der Waals surface area contributed by atoms with E-state index in [-0.39, 0.29) is 22.1 Å². The zero-order valence-corrected chi connectivity index (χ0v) is 22.9. The summed E-state index contributed by atoms with van der Waals surface area (Å²) in [6, 6.07) is 10.9. The monoisotopic (exact) mass is 567 g/mol. The molecule has 40 heavy (non-hydrogen) atoms. The summed E-state index contributed by atoms with van der Waals surface area (Å²) in [5.41, 5.74) is 3.26. The van der Waals surface area contributed by atoms with Crippen molar-refractivity contribution >= 4 is 33.3 Å². The van der Waals surface area contributed by atoms with Crippen molar-refractivity contribution in [3.05, 3.63) is 64.0 Å². The van der Waals surface area contributed by atoms with Gasteiger partial charge in [-0.15, -0.1) is 17.8 Å². The first-order chi connectivity index (χ1) is 19.1. The van der Waals surface area contributed by atoms with Crippen molar-refractivity contribution in [2.24, 2.45) is 0 Å². The largest absolute Gasteiger partial charge is 0.459 e. The summed E-state index contributed by atoms with van der Waals surface area (Å²) in [7, 11) is 0. The molecule has 4 heterocycles. The van der Waals surface area contributed by atoms with Crippen LogP contribution in [0.4, 0.5) is 19.0 Å². The molecule has 0 aliphatic carbocycles. The van der Waals surface area contributed by atoms with Gasteiger partial charge in [0.15, 0.2) is 0 Å². The highest BCUT2D eigenvalue weighted by Gasteiger charge is 2.36. The van der Waals surface area contributed by atoms with Crippen LogP contribution >= 0.6 is 11.3 Å². The van der Waals surface area contributed by atoms with Crippen LogP contribution in [0, 0.1) is 19.3 Å². The molecule has 2 N–H and O–H groups in total. The molecule has 0 spiro atoms. The molecule has 0 bridgehead atoms. The van der Waals surface area contributed by atoms with Gasteiger partial charge in [-0.1, -0.05) is 23.6 Å². The Bertz CT molecular complexity index is 1580. The highest BCUT2D eigenvalue weighted by Crippen LogP contribution is 2.36. The van der Waals surface area contributed by atoms with Crippen LogP contribution in [0.15, 0.2) is 40.8 Å². The molecule has 1 aliphatic rings. The van der Waals surface area contributed by atoms with E-state index in [2.05, 4.69) is 49.6 Å². The number of hydrogen-bond donors (Lipinski definition) is 2. The maximum absolute atomic E-state index is 13.6. The molecule has 4 aromatic rings. The molecule has 1 unspecified atom stereocenters. The lowest BCUT2D eigenvalue weighted by molar-refractivity contribution is -0.144. The van der Waals surface area contributed by atoms with Crippen molar-refractivity contribution < 1.29 is 22.4 Å². The number of rotatable bonds is 8. The maximum Gasteiger partial charge on any atom is 0.451 e. The third-order valence-electron chi connectivity index (χ3n) is 6.75. The lowest BCUT2D eigenvalue weighted by Crippen LogP contribution is -2.22. The van der Waals surface area contributed by atoms with E-state index in [0.717, 1.165) is 47.7 Å². The number of furan rings is 1. The van der Waals surface area contributed by atoms with Crippen LogP contribution in [-0.4, -0.2) is 40.4 Å². The summed E-state index contributed by atoms with van der Waals surface area (Å²) in [6.45, 7) is 6.77. The Balaban J connectivity index is 1.44. The first-order valence-electron chi connectivity index (χ1n) is 12.9. The summed E-state index contributed by atoms with van der Waals surface area (Å²) >= 11 is 0.841. The summed E-state index contributed by atoms with van der Waals surface area (Å²) in [6.07, 6.45) is 2.82. The first kappa shape index (κ1) is 27.7. The van der Waals surface area contributed by atoms with Gasteiger partial charge in [-0.25, -0.2) is 9.97 Å². The SMILES string of the molecule is C#CCNC(=O)c1cc2c(NC(C)c3ccc(-c4cc(C)ccc4CN4CCCC4)o3)nc(C(F)(F)F)nc2s1. The van der Waals surface area contributed by atoms with Crippen molar-refractivity contribution in [3.8, 4) is 23.7 Å². The molecule has 3 aromatic heterocycles. The number of hydrogen-bond acceptors (Lipinski definition) is 7. The van der Waals surface area contributed by atoms with Gasteiger partial charge in [0.05, 0.1) is 22.8 Å². The van der Waals surface area contributed by atoms with Gasteiger partial charge in [0.2, 0.25) is 5.82 Å². The van der Waals surface area contributed by atoms with Crippen LogP contribution in [0.5, 0.6) is 0 Å². The number of fused-ring (bicyclic) bond motifs is 1. The number of carbonyl (C=O) groups is 1. The average Bonchev–Trinajstić information content (AvgIpc) is 3.68. The van der Waals surface area contributed by atoms with Gasteiger partial charge in [0.25, 0.3) is 5.91 Å². The Morgan fingerprint density at radius 2 is 1.98 bits per heavy atom. The molecule has 11 heteroatoms. The molecule has 1 fully saturated rings. The zero-order valence-electron chi connectivity index (χ0n) is 22.1. The maximum atomic E-state index is 13.6. The predicted octanol–water partition coefficient (Wildman–Crippen LogP) is 6.41. The normalized spacial score (nSPS) is 14.8. The summed E-state index contributed by atoms with van der Waals surface area (Å²) in [5, 5.41) is 5.86. The fourth-order valence-electron chi connectivity index (χ4n) is 4.73. The number of anilines is 1. The number of amides is 1. The molecule has 1 aromatic carbocycles. The number of terminal acetylenes is 1. The molecular weight excluding hydrogens is 539 g/mol. The van der Waals surface area contributed by atoms with Gasteiger partial charge in [0, 0.05) is 12.1 Å². The number of thiophene rings is 1. The van der Waals surface area contributed by atoms with E-state index < -0.39 is 23.9 Å². The van der Waals surface area contributed by atoms with Gasteiger partial charge in [-0.05, 0) is 69.6 Å². The third-order valence-corrected chi connectivity index (χ3v) is 7.78. The fraction of sp³-hybridized carbons (Fsp3) is 0.345. The van der Waals surface area contributed by atoms with Crippen molar-refractivity contribution in [2.75, 3.05) is 25.0 Å². The molecule has 1 saturated heterocycles. The molecule has 1 amide bonds. The highest BCUT2D eigenvalue weighted by molar-refractivity contribution is 7.20. The number of benzene rings is 1. The quantitative estimate of drug-likeness (QED) is 0.240. The molecule has 208 valence electrons. The minimum Gasteiger partial charge on any atom is -0.459 e. The van der Waals surface area contributed by atoms with E-state index in [1.54, 1.807) is 6.92 Å². The van der Waals surface area contributed by atoms with Crippen LogP contribution in [0.25, 0.3) is 21.5 Å². The van der Waals surface area contributed by atoms with E-state index >= 15 is 0 Å². The number of likely N-dealkylation sites (tertiary alicyclic amines) is 1. The standard InChI is InChI=1S/C29H28F3N5O2S/c1-4-11-33-26(38)24-15-21-25(35-28(29(30,31)32)36-27(21)40-24)34-18(3)22-9-10-23(39-22)20-14-17(2)7-8-19(20)16-37-12-5-6-13-37/h1,7-10,14-15,18H,5-6,11-13,16H2,2-3H3,(H,33,38)(H,34,35,36). The van der Waals surface area contributed by atoms with Gasteiger partial charge < -0.3 is 15.1 Å². The van der Waals surface area contributed by atoms with Crippen LogP contribution in [0.2, 0.25) is 0 Å². The third kappa shape index (κ3) is 5.98. The van der Waals surface area contributed by atoms with Gasteiger partial charge in [-0.3, -0.25) is 9.69 Å². The molecule has 1 aliphatic heterocycles. The molecular formula is C29H28F3N5O2S. The van der Waals surface area contributed by atoms with Gasteiger partial charge >= 0.3 is 6.18 Å². The van der Waals surface area contributed by atoms with Crippen LogP contribution in [-0.2, 0) is 12.7 Å².